The van der Waals surface area contributed by atoms with E-state index in [4.69, 9.17) is 11.6 Å². The number of benzene rings is 1. The van der Waals surface area contributed by atoms with Crippen LogP contribution in [0.25, 0.3) is 0 Å². The molecule has 3 heterocycles. The van der Waals surface area contributed by atoms with Crippen LogP contribution in [0.4, 0.5) is 16.2 Å². The standard InChI is InChI=1S/C18H15ClN4O3/c19-12-10-11(21-16(24)13-4-1-2-8-20-13)6-7-14(12)23-17(25)15-5-3-9-22(15)18(23)26/h1-2,4,6-8,10,15H,3,5,9H2,(H,21,24). The van der Waals surface area contributed by atoms with Gasteiger partial charge in [0.05, 0.1) is 10.7 Å². The highest BCUT2D eigenvalue weighted by atomic mass is 35.5. The van der Waals surface area contributed by atoms with Gasteiger partial charge in [0.25, 0.3) is 11.8 Å². The number of urea groups is 1. The molecule has 4 amide bonds. The number of nitrogens with zero attached hydrogens (tertiary/aromatic N) is 3. The van der Waals surface area contributed by atoms with E-state index in [1.54, 1.807) is 35.2 Å². The lowest BCUT2D eigenvalue weighted by Gasteiger charge is -2.17. The number of halogens is 1. The van der Waals surface area contributed by atoms with Crippen molar-refractivity contribution in [3.05, 3.63) is 53.3 Å². The summed E-state index contributed by atoms with van der Waals surface area (Å²) >= 11 is 6.29. The minimum Gasteiger partial charge on any atom is -0.321 e. The van der Waals surface area contributed by atoms with E-state index in [2.05, 4.69) is 10.3 Å². The van der Waals surface area contributed by atoms with Crippen LogP contribution in [0, 0.1) is 0 Å². The first-order chi connectivity index (χ1) is 12.6. The van der Waals surface area contributed by atoms with Crippen molar-refractivity contribution in [1.82, 2.24) is 9.88 Å². The number of imide groups is 1. The van der Waals surface area contributed by atoms with Gasteiger partial charge in [0, 0.05) is 18.4 Å². The highest BCUT2D eigenvalue weighted by Crippen LogP contribution is 2.36. The fourth-order valence-electron chi connectivity index (χ4n) is 3.30. The largest absolute Gasteiger partial charge is 0.332 e. The number of amides is 4. The molecule has 0 radical (unpaired) electrons. The molecule has 0 aliphatic carbocycles. The maximum absolute atomic E-state index is 12.5. The summed E-state index contributed by atoms with van der Waals surface area (Å²) in [6.45, 7) is 0.585. The molecule has 1 N–H and O–H groups in total. The van der Waals surface area contributed by atoms with E-state index < -0.39 is 0 Å². The fraction of sp³-hybridized carbons (Fsp3) is 0.222. The van der Waals surface area contributed by atoms with Gasteiger partial charge in [-0.3, -0.25) is 14.6 Å². The lowest BCUT2D eigenvalue weighted by atomic mass is 10.2. The van der Waals surface area contributed by atoms with Crippen LogP contribution in [0.2, 0.25) is 5.02 Å². The Balaban J connectivity index is 1.56. The van der Waals surface area contributed by atoms with Crippen molar-refractivity contribution < 1.29 is 14.4 Å². The molecule has 2 fully saturated rings. The number of pyridine rings is 1. The third kappa shape index (κ3) is 2.70. The van der Waals surface area contributed by atoms with Crippen LogP contribution in [0.1, 0.15) is 23.3 Å². The molecule has 132 valence electrons. The summed E-state index contributed by atoms with van der Waals surface area (Å²) in [5.41, 5.74) is 1.05. The molecule has 8 heteroatoms. The Morgan fingerprint density at radius 2 is 2.08 bits per heavy atom. The van der Waals surface area contributed by atoms with Crippen molar-refractivity contribution in [3.63, 3.8) is 0 Å². The van der Waals surface area contributed by atoms with Crippen molar-refractivity contribution in [2.45, 2.75) is 18.9 Å². The van der Waals surface area contributed by atoms with Gasteiger partial charge in [-0.05, 0) is 43.2 Å². The quantitative estimate of drug-likeness (QED) is 0.842. The Kier molecular flexibility index (Phi) is 4.08. The summed E-state index contributed by atoms with van der Waals surface area (Å²) in [7, 11) is 0. The van der Waals surface area contributed by atoms with E-state index in [9.17, 15) is 14.4 Å². The third-order valence-electron chi connectivity index (χ3n) is 4.54. The number of anilines is 2. The molecule has 0 saturated carbocycles. The van der Waals surface area contributed by atoms with Gasteiger partial charge in [0.2, 0.25) is 0 Å². The summed E-state index contributed by atoms with van der Waals surface area (Å²) < 4.78 is 0. The molecule has 2 aliphatic rings. The fourth-order valence-corrected chi connectivity index (χ4v) is 3.57. The highest BCUT2D eigenvalue weighted by Gasteiger charge is 2.48. The topological polar surface area (TPSA) is 82.6 Å². The number of carbonyl (C=O) groups excluding carboxylic acids is 3. The SMILES string of the molecule is O=C(Nc1ccc(N2C(=O)C3CCCN3C2=O)c(Cl)c1)c1ccccn1. The minimum atomic E-state index is -0.387. The molecule has 1 aromatic carbocycles. The summed E-state index contributed by atoms with van der Waals surface area (Å²) in [6, 6.07) is 8.99. The Bertz CT molecular complexity index is 881. The van der Waals surface area contributed by atoms with Crippen molar-refractivity contribution in [1.29, 1.82) is 0 Å². The molecule has 2 aliphatic heterocycles. The number of fused-ring (bicyclic) bond motifs is 1. The second kappa shape index (κ2) is 6.42. The van der Waals surface area contributed by atoms with Crippen molar-refractivity contribution in [2.75, 3.05) is 16.8 Å². The van der Waals surface area contributed by atoms with Crippen LogP contribution in [-0.2, 0) is 4.79 Å². The average molecular weight is 371 g/mol. The summed E-state index contributed by atoms with van der Waals surface area (Å²) in [4.78, 5) is 43.9. The van der Waals surface area contributed by atoms with Gasteiger partial charge in [-0.15, -0.1) is 0 Å². The highest BCUT2D eigenvalue weighted by molar-refractivity contribution is 6.36. The molecule has 1 atom stereocenters. The Labute approximate surface area is 154 Å². The smallest absolute Gasteiger partial charge is 0.321 e. The average Bonchev–Trinajstić information content (AvgIpc) is 3.21. The van der Waals surface area contributed by atoms with Crippen LogP contribution in [-0.4, -0.2) is 40.3 Å². The zero-order valence-corrected chi connectivity index (χ0v) is 14.4. The van der Waals surface area contributed by atoms with Crippen LogP contribution in [0.3, 0.4) is 0 Å². The van der Waals surface area contributed by atoms with E-state index in [1.165, 1.54) is 12.3 Å². The first kappa shape index (κ1) is 16.5. The molecule has 4 rings (SSSR count). The zero-order valence-electron chi connectivity index (χ0n) is 13.7. The van der Waals surface area contributed by atoms with Gasteiger partial charge in [-0.25, -0.2) is 9.69 Å². The minimum absolute atomic E-state index is 0.215. The van der Waals surface area contributed by atoms with Crippen LogP contribution >= 0.6 is 11.6 Å². The van der Waals surface area contributed by atoms with Crippen LogP contribution in [0.15, 0.2) is 42.6 Å². The van der Waals surface area contributed by atoms with Crippen molar-refractivity contribution >= 4 is 40.8 Å². The lowest BCUT2D eigenvalue weighted by Crippen LogP contribution is -2.33. The van der Waals surface area contributed by atoms with E-state index in [1.807, 2.05) is 0 Å². The van der Waals surface area contributed by atoms with Gasteiger partial charge in [-0.1, -0.05) is 17.7 Å². The zero-order chi connectivity index (χ0) is 18.3. The van der Waals surface area contributed by atoms with Crippen LogP contribution in [0.5, 0.6) is 0 Å². The first-order valence-corrected chi connectivity index (χ1v) is 8.60. The van der Waals surface area contributed by atoms with Gasteiger partial charge < -0.3 is 10.2 Å². The number of hydrogen-bond donors (Lipinski definition) is 1. The Morgan fingerprint density at radius 1 is 1.23 bits per heavy atom. The predicted molar refractivity (Wildman–Crippen MR) is 96.3 cm³/mol. The van der Waals surface area contributed by atoms with E-state index >= 15 is 0 Å². The molecule has 7 nitrogen and oxygen atoms in total. The molecule has 2 saturated heterocycles. The van der Waals surface area contributed by atoms with E-state index in [0.717, 1.165) is 11.3 Å². The summed E-state index contributed by atoms with van der Waals surface area (Å²) in [6.07, 6.45) is 3.04. The second-order valence-corrected chi connectivity index (χ2v) is 6.55. The third-order valence-corrected chi connectivity index (χ3v) is 4.84. The molecular formula is C18H15ClN4O3. The summed E-state index contributed by atoms with van der Waals surface area (Å²) in [5, 5.41) is 2.91. The van der Waals surface area contributed by atoms with Gasteiger partial charge in [0.15, 0.2) is 0 Å². The van der Waals surface area contributed by atoms with E-state index in [-0.39, 0.29) is 34.6 Å². The molecular weight excluding hydrogens is 356 g/mol. The van der Waals surface area contributed by atoms with Crippen molar-refractivity contribution in [2.24, 2.45) is 0 Å². The number of hydrogen-bond acceptors (Lipinski definition) is 4. The molecule has 1 aromatic heterocycles. The maximum atomic E-state index is 12.5. The number of aromatic nitrogens is 1. The normalized spacial score (nSPS) is 19.0. The lowest BCUT2D eigenvalue weighted by molar-refractivity contribution is -0.119. The van der Waals surface area contributed by atoms with Gasteiger partial charge >= 0.3 is 6.03 Å². The Hall–Kier alpha value is -2.93. The van der Waals surface area contributed by atoms with E-state index in [0.29, 0.717) is 24.3 Å². The number of nitrogens with one attached hydrogen (secondary N) is 1. The molecule has 1 unspecified atom stereocenters. The first-order valence-electron chi connectivity index (χ1n) is 8.23. The predicted octanol–water partition coefficient (Wildman–Crippen LogP) is 2.92. The van der Waals surface area contributed by atoms with Crippen molar-refractivity contribution in [3.8, 4) is 0 Å². The molecule has 2 aromatic rings. The van der Waals surface area contributed by atoms with Gasteiger partial charge in [0.1, 0.15) is 11.7 Å². The molecule has 0 bridgehead atoms. The van der Waals surface area contributed by atoms with Crippen LogP contribution < -0.4 is 10.2 Å². The number of rotatable bonds is 3. The maximum Gasteiger partial charge on any atom is 0.332 e. The molecule has 26 heavy (non-hydrogen) atoms. The Morgan fingerprint density at radius 3 is 2.77 bits per heavy atom. The second-order valence-electron chi connectivity index (χ2n) is 6.14. The molecule has 0 spiro atoms. The summed E-state index contributed by atoms with van der Waals surface area (Å²) in [5.74, 6) is -0.622. The van der Waals surface area contributed by atoms with Gasteiger partial charge in [-0.2, -0.15) is 0 Å². The number of carbonyl (C=O) groups is 3. The monoisotopic (exact) mass is 370 g/mol.